The molecule has 0 atom stereocenters. The van der Waals surface area contributed by atoms with E-state index in [1.54, 1.807) is 6.07 Å². The number of hydrogen-bond donors (Lipinski definition) is 2. The van der Waals surface area contributed by atoms with Gasteiger partial charge in [-0.15, -0.1) is 0 Å². The van der Waals surface area contributed by atoms with Crippen LogP contribution in [-0.2, 0) is 12.7 Å². The van der Waals surface area contributed by atoms with Crippen molar-refractivity contribution in [2.45, 2.75) is 12.7 Å². The number of alkyl halides is 3. The fourth-order valence-electron chi connectivity index (χ4n) is 2.68. The van der Waals surface area contributed by atoms with Crippen LogP contribution >= 0.6 is 34.2 Å². The van der Waals surface area contributed by atoms with Crippen LogP contribution in [0.4, 0.5) is 18.9 Å². The summed E-state index contributed by atoms with van der Waals surface area (Å²) in [4.78, 5) is 15.1. The fourth-order valence-corrected chi connectivity index (χ4v) is 3.19. The summed E-state index contributed by atoms with van der Waals surface area (Å²) in [7, 11) is 0. The average Bonchev–Trinajstić information content (AvgIpc) is 2.68. The van der Waals surface area contributed by atoms with Gasteiger partial charge >= 0.3 is 6.18 Å². The molecular weight excluding hydrogens is 518 g/mol. The second-order valence-electron chi connectivity index (χ2n) is 6.15. The molecule has 4 nitrogen and oxygen atoms in total. The number of carbonyl (C=O) groups is 1. The topological polar surface area (TPSA) is 68.0 Å². The van der Waals surface area contributed by atoms with Crippen LogP contribution in [0.1, 0.15) is 21.6 Å². The number of rotatable bonds is 5. The summed E-state index contributed by atoms with van der Waals surface area (Å²) in [5, 5.41) is 3.74. The van der Waals surface area contributed by atoms with Gasteiger partial charge in [-0.1, -0.05) is 23.7 Å². The quantitative estimate of drug-likeness (QED) is 0.413. The minimum Gasteiger partial charge on any atom is -0.381 e. The Labute approximate surface area is 183 Å². The molecule has 1 heterocycles. The first-order valence-corrected chi connectivity index (χ1v) is 9.76. The molecule has 0 aliphatic carbocycles. The Bertz CT molecular complexity index is 1060. The van der Waals surface area contributed by atoms with Crippen LogP contribution in [-0.4, -0.2) is 10.9 Å². The van der Waals surface area contributed by atoms with Gasteiger partial charge in [-0.2, -0.15) is 13.2 Å². The number of anilines is 1. The first-order chi connectivity index (χ1) is 13.6. The SMILES string of the molecule is NC(=O)c1ccc(-c2cc(C(F)(F)F)ccc2CNc2ccc(I)c(Cl)c2)cn1. The van der Waals surface area contributed by atoms with E-state index in [-0.39, 0.29) is 12.2 Å². The molecular formula is C20H14ClF3IN3O. The number of nitrogens with two attached hydrogens (primary N) is 1. The Morgan fingerprint density at radius 2 is 1.90 bits per heavy atom. The molecule has 0 spiro atoms. The summed E-state index contributed by atoms with van der Waals surface area (Å²) in [5.41, 5.74) is 6.60. The van der Waals surface area contributed by atoms with Crippen LogP contribution in [0.25, 0.3) is 11.1 Å². The number of amides is 1. The van der Waals surface area contributed by atoms with Crippen molar-refractivity contribution >= 4 is 45.8 Å². The summed E-state index contributed by atoms with van der Waals surface area (Å²) in [6.45, 7) is 0.266. The van der Waals surface area contributed by atoms with Crippen molar-refractivity contribution in [3.8, 4) is 11.1 Å². The van der Waals surface area contributed by atoms with E-state index >= 15 is 0 Å². The number of hydrogen-bond acceptors (Lipinski definition) is 3. The molecule has 3 N–H and O–H groups in total. The summed E-state index contributed by atoms with van der Waals surface area (Å²) >= 11 is 8.22. The highest BCUT2D eigenvalue weighted by Gasteiger charge is 2.31. The summed E-state index contributed by atoms with van der Waals surface area (Å²) in [6.07, 6.45) is -3.15. The number of carbonyl (C=O) groups excluding carboxylic acids is 1. The van der Waals surface area contributed by atoms with E-state index in [0.29, 0.717) is 21.7 Å². The normalized spacial score (nSPS) is 11.3. The van der Waals surface area contributed by atoms with Gasteiger partial charge in [0.1, 0.15) is 5.69 Å². The first-order valence-electron chi connectivity index (χ1n) is 8.30. The predicted octanol–water partition coefficient (Wildman–Crippen LogP) is 5.74. The van der Waals surface area contributed by atoms with E-state index < -0.39 is 17.6 Å². The molecule has 0 radical (unpaired) electrons. The molecule has 0 aliphatic heterocycles. The van der Waals surface area contributed by atoms with Gasteiger partial charge < -0.3 is 11.1 Å². The Hall–Kier alpha value is -2.33. The van der Waals surface area contributed by atoms with E-state index in [4.69, 9.17) is 17.3 Å². The summed E-state index contributed by atoms with van der Waals surface area (Å²) in [5.74, 6) is -0.710. The third-order valence-corrected chi connectivity index (χ3v) is 5.74. The van der Waals surface area contributed by atoms with Gasteiger partial charge in [0, 0.05) is 27.6 Å². The molecule has 0 aliphatic rings. The standard InChI is InChI=1S/C20H14ClF3IN3O/c21-16-8-14(4-5-17(16)25)27-9-11-1-3-13(20(22,23)24)7-15(11)12-2-6-18(19(26)29)28-10-12/h1-8,10,27H,9H2,(H2,26,29). The van der Waals surface area contributed by atoms with Crippen molar-refractivity contribution in [1.82, 2.24) is 4.98 Å². The van der Waals surface area contributed by atoms with Crippen LogP contribution in [0.3, 0.4) is 0 Å². The molecule has 1 amide bonds. The molecule has 0 unspecified atom stereocenters. The zero-order valence-electron chi connectivity index (χ0n) is 14.7. The lowest BCUT2D eigenvalue weighted by molar-refractivity contribution is -0.137. The molecule has 0 saturated heterocycles. The zero-order valence-corrected chi connectivity index (χ0v) is 17.6. The highest BCUT2D eigenvalue weighted by Crippen LogP contribution is 2.34. The highest BCUT2D eigenvalue weighted by molar-refractivity contribution is 14.1. The Morgan fingerprint density at radius 1 is 1.14 bits per heavy atom. The number of benzene rings is 2. The van der Waals surface area contributed by atoms with Gasteiger partial charge in [-0.3, -0.25) is 9.78 Å². The average molecular weight is 532 g/mol. The van der Waals surface area contributed by atoms with Gasteiger partial charge in [0.25, 0.3) is 5.91 Å². The molecule has 1 aromatic heterocycles. The Balaban J connectivity index is 1.97. The summed E-state index contributed by atoms with van der Waals surface area (Å²) in [6, 6.07) is 11.8. The second kappa shape index (κ2) is 8.58. The van der Waals surface area contributed by atoms with Crippen LogP contribution in [0.5, 0.6) is 0 Å². The third kappa shape index (κ3) is 5.18. The van der Waals surface area contributed by atoms with Gasteiger partial charge in [-0.25, -0.2) is 0 Å². The molecule has 150 valence electrons. The smallest absolute Gasteiger partial charge is 0.381 e. The lowest BCUT2D eigenvalue weighted by Crippen LogP contribution is -2.12. The van der Waals surface area contributed by atoms with E-state index in [2.05, 4.69) is 32.9 Å². The van der Waals surface area contributed by atoms with Gasteiger partial charge in [0.2, 0.25) is 0 Å². The van der Waals surface area contributed by atoms with Gasteiger partial charge in [-0.05, 0) is 70.1 Å². The monoisotopic (exact) mass is 531 g/mol. The Morgan fingerprint density at radius 3 is 2.48 bits per heavy atom. The lowest BCUT2D eigenvalue weighted by atomic mass is 9.97. The third-order valence-electron chi connectivity index (χ3n) is 4.17. The molecule has 3 aromatic rings. The largest absolute Gasteiger partial charge is 0.416 e. The van der Waals surface area contributed by atoms with Crippen molar-refractivity contribution < 1.29 is 18.0 Å². The number of primary amides is 1. The lowest BCUT2D eigenvalue weighted by Gasteiger charge is -2.15. The maximum Gasteiger partial charge on any atom is 0.416 e. The minimum atomic E-state index is -4.48. The predicted molar refractivity (Wildman–Crippen MR) is 115 cm³/mol. The molecule has 9 heteroatoms. The minimum absolute atomic E-state index is 0.0360. The van der Waals surface area contributed by atoms with Crippen molar-refractivity contribution in [1.29, 1.82) is 0 Å². The van der Waals surface area contributed by atoms with Crippen LogP contribution in [0.2, 0.25) is 5.02 Å². The number of pyridine rings is 1. The number of nitrogens with zero attached hydrogens (tertiary/aromatic N) is 1. The molecule has 0 saturated carbocycles. The molecule has 29 heavy (non-hydrogen) atoms. The maximum atomic E-state index is 13.2. The van der Waals surface area contributed by atoms with Gasteiger partial charge in [0.15, 0.2) is 0 Å². The molecule has 0 fully saturated rings. The number of nitrogens with one attached hydrogen (secondary N) is 1. The Kier molecular flexibility index (Phi) is 6.33. The van der Waals surface area contributed by atoms with Crippen LogP contribution in [0, 0.1) is 3.57 Å². The van der Waals surface area contributed by atoms with Crippen molar-refractivity contribution in [2.24, 2.45) is 5.73 Å². The van der Waals surface area contributed by atoms with Gasteiger partial charge in [0.05, 0.1) is 10.6 Å². The first kappa shape index (κ1) is 21.4. The van der Waals surface area contributed by atoms with Crippen molar-refractivity contribution in [2.75, 3.05) is 5.32 Å². The molecule has 2 aromatic carbocycles. The fraction of sp³-hybridized carbons (Fsp3) is 0.100. The van der Waals surface area contributed by atoms with Crippen molar-refractivity contribution in [3.63, 3.8) is 0 Å². The zero-order chi connectivity index (χ0) is 21.2. The van der Waals surface area contributed by atoms with Crippen LogP contribution < -0.4 is 11.1 Å². The van der Waals surface area contributed by atoms with E-state index in [1.807, 2.05) is 12.1 Å². The maximum absolute atomic E-state index is 13.2. The van der Waals surface area contributed by atoms with E-state index in [1.165, 1.54) is 24.4 Å². The number of halogens is 5. The number of aromatic nitrogens is 1. The highest BCUT2D eigenvalue weighted by atomic mass is 127. The van der Waals surface area contributed by atoms with Crippen molar-refractivity contribution in [3.05, 3.63) is 80.1 Å². The van der Waals surface area contributed by atoms with E-state index in [0.717, 1.165) is 21.4 Å². The van der Waals surface area contributed by atoms with E-state index in [9.17, 15) is 18.0 Å². The molecule has 0 bridgehead atoms. The molecule has 3 rings (SSSR count). The second-order valence-corrected chi connectivity index (χ2v) is 7.72. The summed E-state index contributed by atoms with van der Waals surface area (Å²) < 4.78 is 40.5. The van der Waals surface area contributed by atoms with Crippen LogP contribution in [0.15, 0.2) is 54.7 Å².